The Morgan fingerprint density at radius 1 is 1.38 bits per heavy atom. The molecule has 0 aliphatic rings. The number of hydrazine groups is 1. The van der Waals surface area contributed by atoms with Crippen LogP contribution in [0.1, 0.15) is 6.92 Å². The SMILES string of the molecule is CC(=O)NN(C)C(=S)Nc1ccc(I)cc1. The second-order valence-electron chi connectivity index (χ2n) is 3.16. The van der Waals surface area contributed by atoms with Crippen LogP contribution in [0.4, 0.5) is 5.69 Å². The summed E-state index contributed by atoms with van der Waals surface area (Å²) in [6.07, 6.45) is 0. The van der Waals surface area contributed by atoms with Gasteiger partial charge in [-0.25, -0.2) is 0 Å². The Bertz CT molecular complexity index is 394. The molecule has 1 aromatic carbocycles. The summed E-state index contributed by atoms with van der Waals surface area (Å²) in [5.74, 6) is -0.158. The van der Waals surface area contributed by atoms with Crippen LogP contribution in [0.2, 0.25) is 0 Å². The zero-order valence-corrected chi connectivity index (χ0v) is 11.9. The smallest absolute Gasteiger partial charge is 0.235 e. The van der Waals surface area contributed by atoms with Crippen molar-refractivity contribution in [1.29, 1.82) is 0 Å². The molecule has 0 spiro atoms. The maximum Gasteiger partial charge on any atom is 0.235 e. The van der Waals surface area contributed by atoms with E-state index in [2.05, 4.69) is 33.3 Å². The van der Waals surface area contributed by atoms with Gasteiger partial charge in [0.2, 0.25) is 5.91 Å². The molecule has 0 heterocycles. The third-order valence-corrected chi connectivity index (χ3v) is 2.82. The second-order valence-corrected chi connectivity index (χ2v) is 4.80. The molecule has 1 aromatic rings. The van der Waals surface area contributed by atoms with Crippen LogP contribution in [0.25, 0.3) is 0 Å². The number of hydrogen-bond donors (Lipinski definition) is 2. The number of anilines is 1. The number of halogens is 1. The van der Waals surface area contributed by atoms with Crippen molar-refractivity contribution in [3.8, 4) is 0 Å². The van der Waals surface area contributed by atoms with Gasteiger partial charge in [-0.05, 0) is 59.1 Å². The minimum Gasteiger partial charge on any atom is -0.331 e. The highest BCUT2D eigenvalue weighted by molar-refractivity contribution is 14.1. The van der Waals surface area contributed by atoms with E-state index in [4.69, 9.17) is 12.2 Å². The Kier molecular flexibility index (Phi) is 4.94. The van der Waals surface area contributed by atoms with E-state index in [9.17, 15) is 4.79 Å². The quantitative estimate of drug-likeness (QED) is 0.462. The molecule has 0 unspecified atom stereocenters. The summed E-state index contributed by atoms with van der Waals surface area (Å²) in [6.45, 7) is 1.43. The normalized spacial score (nSPS) is 9.44. The van der Waals surface area contributed by atoms with Crippen LogP contribution < -0.4 is 10.7 Å². The minimum absolute atomic E-state index is 0.158. The van der Waals surface area contributed by atoms with E-state index in [1.54, 1.807) is 7.05 Å². The number of carbonyl (C=O) groups is 1. The molecule has 2 N–H and O–H groups in total. The lowest BCUT2D eigenvalue weighted by molar-refractivity contribution is -0.121. The minimum atomic E-state index is -0.158. The predicted molar refractivity (Wildman–Crippen MR) is 77.0 cm³/mol. The average Bonchev–Trinajstić information content (AvgIpc) is 2.20. The summed E-state index contributed by atoms with van der Waals surface area (Å²) in [4.78, 5) is 10.8. The average molecular weight is 349 g/mol. The van der Waals surface area contributed by atoms with E-state index in [-0.39, 0.29) is 5.91 Å². The molecule has 1 rings (SSSR count). The first-order chi connectivity index (χ1) is 7.49. The number of benzene rings is 1. The Morgan fingerprint density at radius 2 is 1.94 bits per heavy atom. The maximum atomic E-state index is 10.8. The second kappa shape index (κ2) is 6.00. The molecule has 0 fully saturated rings. The van der Waals surface area contributed by atoms with Crippen molar-refractivity contribution in [3.05, 3.63) is 27.8 Å². The number of thiocarbonyl (C=S) groups is 1. The molecule has 0 aliphatic carbocycles. The van der Waals surface area contributed by atoms with E-state index in [1.165, 1.54) is 11.9 Å². The molecule has 6 heteroatoms. The van der Waals surface area contributed by atoms with Crippen molar-refractivity contribution in [1.82, 2.24) is 10.4 Å². The maximum absolute atomic E-state index is 10.8. The Hall–Kier alpha value is -0.890. The molecule has 0 aliphatic heterocycles. The van der Waals surface area contributed by atoms with Crippen LogP contribution >= 0.6 is 34.8 Å². The van der Waals surface area contributed by atoms with Gasteiger partial charge in [-0.3, -0.25) is 15.2 Å². The van der Waals surface area contributed by atoms with Crippen molar-refractivity contribution in [2.24, 2.45) is 0 Å². The summed E-state index contributed by atoms with van der Waals surface area (Å²) in [5, 5.41) is 4.92. The van der Waals surface area contributed by atoms with Gasteiger partial charge < -0.3 is 5.32 Å². The van der Waals surface area contributed by atoms with E-state index in [1.807, 2.05) is 24.3 Å². The van der Waals surface area contributed by atoms with Gasteiger partial charge >= 0.3 is 0 Å². The standard InChI is InChI=1S/C10H12IN3OS/c1-7(15)13-14(2)10(16)12-9-5-3-8(11)4-6-9/h3-6H,1-2H3,(H,12,16)(H,13,15). The van der Waals surface area contributed by atoms with Crippen molar-refractivity contribution in [2.45, 2.75) is 6.92 Å². The fourth-order valence-electron chi connectivity index (χ4n) is 1.03. The topological polar surface area (TPSA) is 44.4 Å². The first kappa shape index (κ1) is 13.2. The van der Waals surface area contributed by atoms with Crippen LogP contribution in [-0.4, -0.2) is 23.1 Å². The van der Waals surface area contributed by atoms with Crippen LogP contribution in [0.3, 0.4) is 0 Å². The lowest BCUT2D eigenvalue weighted by Crippen LogP contribution is -2.44. The molecule has 0 bridgehead atoms. The largest absolute Gasteiger partial charge is 0.331 e. The zero-order valence-electron chi connectivity index (χ0n) is 8.95. The highest BCUT2D eigenvalue weighted by atomic mass is 127. The van der Waals surface area contributed by atoms with Gasteiger partial charge in [0.05, 0.1) is 0 Å². The molecule has 0 saturated carbocycles. The molecule has 0 radical (unpaired) electrons. The van der Waals surface area contributed by atoms with Crippen LogP contribution in [0.5, 0.6) is 0 Å². The molecule has 86 valence electrons. The van der Waals surface area contributed by atoms with Gasteiger partial charge in [-0.15, -0.1) is 0 Å². The number of amides is 1. The number of rotatable bonds is 1. The molecular weight excluding hydrogens is 337 g/mol. The lowest BCUT2D eigenvalue weighted by atomic mass is 10.3. The third kappa shape index (κ3) is 4.31. The molecule has 1 amide bonds. The molecule has 0 aromatic heterocycles. The van der Waals surface area contributed by atoms with E-state index < -0.39 is 0 Å². The predicted octanol–water partition coefficient (Wildman–Crippen LogP) is 1.97. The van der Waals surface area contributed by atoms with E-state index in [0.29, 0.717) is 5.11 Å². The van der Waals surface area contributed by atoms with Crippen LogP contribution in [0, 0.1) is 3.57 Å². The monoisotopic (exact) mass is 349 g/mol. The first-order valence-corrected chi connectivity index (χ1v) is 6.05. The first-order valence-electron chi connectivity index (χ1n) is 4.56. The highest BCUT2D eigenvalue weighted by Crippen LogP contribution is 2.11. The summed E-state index contributed by atoms with van der Waals surface area (Å²) in [6, 6.07) is 7.80. The van der Waals surface area contributed by atoms with Gasteiger partial charge in [0.1, 0.15) is 0 Å². The van der Waals surface area contributed by atoms with Crippen molar-refractivity contribution in [2.75, 3.05) is 12.4 Å². The van der Waals surface area contributed by atoms with Gasteiger partial charge in [0.25, 0.3) is 0 Å². The van der Waals surface area contributed by atoms with Crippen molar-refractivity contribution in [3.63, 3.8) is 0 Å². The summed E-state index contributed by atoms with van der Waals surface area (Å²) < 4.78 is 1.16. The summed E-state index contributed by atoms with van der Waals surface area (Å²) in [7, 11) is 1.68. The van der Waals surface area contributed by atoms with Crippen molar-refractivity contribution >= 4 is 51.5 Å². The van der Waals surface area contributed by atoms with Crippen LogP contribution in [0.15, 0.2) is 24.3 Å². The molecule has 4 nitrogen and oxygen atoms in total. The number of nitrogens with zero attached hydrogens (tertiary/aromatic N) is 1. The number of carbonyl (C=O) groups excluding carboxylic acids is 1. The fourth-order valence-corrected chi connectivity index (χ4v) is 1.55. The van der Waals surface area contributed by atoms with Gasteiger partial charge in [-0.2, -0.15) is 0 Å². The summed E-state index contributed by atoms with van der Waals surface area (Å²) in [5.41, 5.74) is 3.45. The highest BCUT2D eigenvalue weighted by Gasteiger charge is 2.05. The zero-order chi connectivity index (χ0) is 12.1. The van der Waals surface area contributed by atoms with Crippen LogP contribution in [-0.2, 0) is 4.79 Å². The fraction of sp³-hybridized carbons (Fsp3) is 0.200. The third-order valence-electron chi connectivity index (χ3n) is 1.73. The Labute approximate surface area is 114 Å². The Balaban J connectivity index is 2.57. The molecule has 16 heavy (non-hydrogen) atoms. The molecular formula is C10H12IN3OS. The van der Waals surface area contributed by atoms with E-state index in [0.717, 1.165) is 9.26 Å². The summed E-state index contributed by atoms with van der Waals surface area (Å²) >= 11 is 7.34. The van der Waals surface area contributed by atoms with Gasteiger partial charge in [0, 0.05) is 23.2 Å². The van der Waals surface area contributed by atoms with E-state index >= 15 is 0 Å². The lowest BCUT2D eigenvalue weighted by Gasteiger charge is -2.20. The van der Waals surface area contributed by atoms with Crippen molar-refractivity contribution < 1.29 is 4.79 Å². The Morgan fingerprint density at radius 3 is 2.44 bits per heavy atom. The number of nitrogens with one attached hydrogen (secondary N) is 2. The molecule has 0 atom stereocenters. The molecule has 0 saturated heterocycles. The van der Waals surface area contributed by atoms with Gasteiger partial charge in [0.15, 0.2) is 5.11 Å². The number of hydrogen-bond acceptors (Lipinski definition) is 2. The van der Waals surface area contributed by atoms with Gasteiger partial charge in [-0.1, -0.05) is 0 Å².